The standard InChI is InChI=1S/C37H37ClN2O12S4/c1-19-15-21(3)36(55(47,48)49)23(5)34(19)39-26-9-7-25(8-10-26)33(30-14-12-28(53(41,42)43)18-32(30)54(44,45)46)29-13-11-27(17-31(29)38)40-35-20(2)16-22(4)37(24(35)6)56(50,51)52/h7-18,33,39-40H,1-6H3,(H,41,42,43)(H,44,45,46)(H,47,48,49)(H,50,51,52). The van der Waals surface area contributed by atoms with Gasteiger partial charge in [0.25, 0.3) is 40.5 Å². The molecule has 0 aliphatic carbocycles. The van der Waals surface area contributed by atoms with Crippen LogP contribution < -0.4 is 10.6 Å². The third-order valence-corrected chi connectivity index (χ3v) is 13.7. The van der Waals surface area contributed by atoms with Crippen LogP contribution in [-0.2, 0) is 40.5 Å². The second kappa shape index (κ2) is 15.2. The predicted molar refractivity (Wildman–Crippen MR) is 212 cm³/mol. The number of nitrogens with one attached hydrogen (secondary N) is 2. The third kappa shape index (κ3) is 8.78. The molecule has 1 unspecified atom stereocenters. The number of rotatable bonds is 11. The summed E-state index contributed by atoms with van der Waals surface area (Å²) in [6.45, 7) is 9.67. The van der Waals surface area contributed by atoms with Gasteiger partial charge in [-0.2, -0.15) is 33.7 Å². The second-order valence-electron chi connectivity index (χ2n) is 13.3. The third-order valence-electron chi connectivity index (χ3n) is 9.28. The maximum atomic E-state index is 12.8. The highest BCUT2D eigenvalue weighted by molar-refractivity contribution is 7.87. The zero-order valence-corrected chi connectivity index (χ0v) is 34.6. The van der Waals surface area contributed by atoms with Crippen LogP contribution in [0.15, 0.2) is 92.4 Å². The first kappa shape index (κ1) is 42.8. The Balaban J connectivity index is 1.67. The predicted octanol–water partition coefficient (Wildman–Crippen LogP) is 7.84. The molecule has 298 valence electrons. The SMILES string of the molecule is Cc1cc(C)c(S(=O)(=O)O)c(C)c1Nc1ccc(C(c2ccc(Nc3c(C)cc(C)c(S(=O)(=O)O)c3C)cc2Cl)c2ccc(S(=O)(=O)O)cc2S(=O)(=O)O)cc1. The molecule has 0 aromatic heterocycles. The van der Waals surface area contributed by atoms with Gasteiger partial charge in [0.15, 0.2) is 0 Å². The molecule has 1 atom stereocenters. The summed E-state index contributed by atoms with van der Waals surface area (Å²) in [5.74, 6) is -1.11. The lowest BCUT2D eigenvalue weighted by Gasteiger charge is -2.24. The summed E-state index contributed by atoms with van der Waals surface area (Å²) in [6.07, 6.45) is 0. The fourth-order valence-electron chi connectivity index (χ4n) is 7.06. The number of benzene rings is 5. The fraction of sp³-hybridized carbons (Fsp3) is 0.189. The van der Waals surface area contributed by atoms with E-state index in [1.54, 1.807) is 83.1 Å². The van der Waals surface area contributed by atoms with E-state index in [0.29, 0.717) is 56.6 Å². The maximum Gasteiger partial charge on any atom is 0.295 e. The van der Waals surface area contributed by atoms with Gasteiger partial charge >= 0.3 is 0 Å². The van der Waals surface area contributed by atoms with E-state index in [1.165, 1.54) is 13.0 Å². The van der Waals surface area contributed by atoms with Crippen LogP contribution in [0.25, 0.3) is 0 Å². The van der Waals surface area contributed by atoms with E-state index < -0.39 is 56.2 Å². The van der Waals surface area contributed by atoms with E-state index in [-0.39, 0.29) is 37.1 Å². The first-order valence-corrected chi connectivity index (χ1v) is 22.5. The monoisotopic (exact) mass is 864 g/mol. The lowest BCUT2D eigenvalue weighted by atomic mass is 9.84. The van der Waals surface area contributed by atoms with Crippen molar-refractivity contribution in [3.63, 3.8) is 0 Å². The minimum absolute atomic E-state index is 0.0587. The molecule has 5 rings (SSSR count). The number of aryl methyl sites for hydroxylation is 4. The number of hydrogen-bond acceptors (Lipinski definition) is 10. The molecule has 56 heavy (non-hydrogen) atoms. The highest BCUT2D eigenvalue weighted by Crippen LogP contribution is 2.42. The molecule has 0 saturated carbocycles. The van der Waals surface area contributed by atoms with Crippen molar-refractivity contribution >= 4 is 74.8 Å². The van der Waals surface area contributed by atoms with Gasteiger partial charge in [-0.1, -0.05) is 48.0 Å². The molecule has 5 aromatic carbocycles. The molecule has 0 radical (unpaired) electrons. The van der Waals surface area contributed by atoms with Crippen molar-refractivity contribution in [1.82, 2.24) is 0 Å². The van der Waals surface area contributed by atoms with Crippen LogP contribution in [0.5, 0.6) is 0 Å². The van der Waals surface area contributed by atoms with Crippen LogP contribution in [-0.4, -0.2) is 51.9 Å². The van der Waals surface area contributed by atoms with E-state index in [9.17, 15) is 51.9 Å². The Morgan fingerprint density at radius 1 is 0.500 bits per heavy atom. The Bertz CT molecular complexity index is 2880. The van der Waals surface area contributed by atoms with Crippen molar-refractivity contribution in [2.24, 2.45) is 0 Å². The first-order valence-electron chi connectivity index (χ1n) is 16.4. The summed E-state index contributed by atoms with van der Waals surface area (Å²) < 4.78 is 138. The molecular weight excluding hydrogens is 828 g/mol. The molecule has 0 heterocycles. The quantitative estimate of drug-likeness (QED) is 0.0548. The second-order valence-corrected chi connectivity index (χ2v) is 19.3. The minimum Gasteiger partial charge on any atom is -0.355 e. The summed E-state index contributed by atoms with van der Waals surface area (Å²) in [5.41, 5.74) is 4.72. The molecular formula is C37H37ClN2O12S4. The van der Waals surface area contributed by atoms with Gasteiger partial charge in [-0.3, -0.25) is 18.2 Å². The van der Waals surface area contributed by atoms with Gasteiger partial charge in [0.2, 0.25) is 0 Å². The Morgan fingerprint density at radius 3 is 1.38 bits per heavy atom. The Kier molecular flexibility index (Phi) is 11.6. The summed E-state index contributed by atoms with van der Waals surface area (Å²) in [5, 5.41) is 6.35. The molecule has 0 amide bonds. The summed E-state index contributed by atoms with van der Waals surface area (Å²) in [4.78, 5) is -2.12. The molecule has 14 nitrogen and oxygen atoms in total. The van der Waals surface area contributed by atoms with E-state index >= 15 is 0 Å². The van der Waals surface area contributed by atoms with E-state index in [4.69, 9.17) is 11.6 Å². The molecule has 0 aliphatic rings. The van der Waals surface area contributed by atoms with Crippen LogP contribution in [0.4, 0.5) is 22.7 Å². The molecule has 0 fully saturated rings. The molecule has 0 saturated heterocycles. The van der Waals surface area contributed by atoms with Crippen LogP contribution in [0.1, 0.15) is 56.0 Å². The minimum atomic E-state index is -5.13. The molecule has 0 bridgehead atoms. The van der Waals surface area contributed by atoms with Crippen molar-refractivity contribution in [3.8, 4) is 0 Å². The van der Waals surface area contributed by atoms with E-state index in [2.05, 4.69) is 10.6 Å². The van der Waals surface area contributed by atoms with Gasteiger partial charge in [0.1, 0.15) is 9.79 Å². The molecule has 0 spiro atoms. The van der Waals surface area contributed by atoms with Crippen molar-refractivity contribution in [2.75, 3.05) is 10.6 Å². The molecule has 0 aliphatic heterocycles. The maximum absolute atomic E-state index is 12.8. The van der Waals surface area contributed by atoms with E-state index in [0.717, 1.165) is 12.1 Å². The Morgan fingerprint density at radius 2 is 0.946 bits per heavy atom. The average molecular weight is 865 g/mol. The largest absolute Gasteiger partial charge is 0.355 e. The average Bonchev–Trinajstić information content (AvgIpc) is 3.04. The normalized spacial score (nSPS) is 13.1. The Labute approximate surface area is 330 Å². The van der Waals surface area contributed by atoms with Gasteiger partial charge in [0.05, 0.1) is 9.79 Å². The van der Waals surface area contributed by atoms with Crippen LogP contribution in [0, 0.1) is 41.5 Å². The van der Waals surface area contributed by atoms with Gasteiger partial charge in [0, 0.05) is 33.7 Å². The van der Waals surface area contributed by atoms with Crippen LogP contribution in [0.3, 0.4) is 0 Å². The number of hydrogen-bond donors (Lipinski definition) is 6. The van der Waals surface area contributed by atoms with Crippen molar-refractivity contribution < 1.29 is 51.9 Å². The topological polar surface area (TPSA) is 242 Å². The van der Waals surface area contributed by atoms with Crippen LogP contribution >= 0.6 is 11.6 Å². The fourth-order valence-corrected chi connectivity index (χ4v) is 10.6. The van der Waals surface area contributed by atoms with Gasteiger partial charge in [-0.15, -0.1) is 0 Å². The number of halogens is 1. The Hall–Kier alpha value is -4.37. The van der Waals surface area contributed by atoms with Crippen molar-refractivity contribution in [3.05, 3.63) is 128 Å². The highest BCUT2D eigenvalue weighted by atomic mass is 35.5. The summed E-state index contributed by atoms with van der Waals surface area (Å²) in [7, 11) is -19.2. The zero-order chi connectivity index (χ0) is 41.9. The van der Waals surface area contributed by atoms with Gasteiger partial charge in [-0.05, 0) is 128 Å². The summed E-state index contributed by atoms with van der Waals surface area (Å²) in [6, 6.07) is 16.9. The molecule has 5 aromatic rings. The van der Waals surface area contributed by atoms with Crippen LogP contribution in [0.2, 0.25) is 5.02 Å². The molecule has 6 N–H and O–H groups in total. The molecule has 19 heteroatoms. The van der Waals surface area contributed by atoms with E-state index in [1.807, 2.05) is 0 Å². The first-order chi connectivity index (χ1) is 25.7. The zero-order valence-electron chi connectivity index (χ0n) is 30.6. The highest BCUT2D eigenvalue weighted by Gasteiger charge is 2.29. The lowest BCUT2D eigenvalue weighted by molar-refractivity contribution is 0.477. The number of anilines is 4. The van der Waals surface area contributed by atoms with Crippen molar-refractivity contribution in [1.29, 1.82) is 0 Å². The van der Waals surface area contributed by atoms with Crippen molar-refractivity contribution in [2.45, 2.75) is 67.0 Å². The van der Waals surface area contributed by atoms with Gasteiger partial charge in [-0.25, -0.2) is 0 Å². The van der Waals surface area contributed by atoms with Gasteiger partial charge < -0.3 is 10.6 Å². The summed E-state index contributed by atoms with van der Waals surface area (Å²) >= 11 is 6.90. The smallest absolute Gasteiger partial charge is 0.295 e. The lowest BCUT2D eigenvalue weighted by Crippen LogP contribution is -2.13.